The van der Waals surface area contributed by atoms with Gasteiger partial charge in [0.25, 0.3) is 15.9 Å². The van der Waals surface area contributed by atoms with Crippen molar-refractivity contribution in [2.45, 2.75) is 11.3 Å². The first-order chi connectivity index (χ1) is 11.6. The van der Waals surface area contributed by atoms with Crippen LogP contribution in [-0.4, -0.2) is 27.5 Å². The third-order valence-electron chi connectivity index (χ3n) is 3.36. The molecule has 0 unspecified atom stereocenters. The van der Waals surface area contributed by atoms with Crippen LogP contribution in [-0.2, 0) is 10.0 Å². The van der Waals surface area contributed by atoms with E-state index in [-0.39, 0.29) is 4.90 Å². The van der Waals surface area contributed by atoms with Crippen LogP contribution in [0.4, 0.5) is 0 Å². The molecule has 0 aromatic heterocycles. The van der Waals surface area contributed by atoms with Gasteiger partial charge in [0, 0.05) is 18.1 Å². The molecule has 0 bridgehead atoms. The van der Waals surface area contributed by atoms with Crippen LogP contribution < -0.4 is 19.7 Å². The zero-order valence-electron chi connectivity index (χ0n) is 12.7. The van der Waals surface area contributed by atoms with Gasteiger partial charge in [0.05, 0.1) is 18.1 Å². The molecule has 0 fully saturated rings. The third-order valence-corrected chi connectivity index (χ3v) is 4.61. The fraction of sp³-hybridized carbons (Fsp3) is 0.188. The number of hydrogen-bond acceptors (Lipinski definition) is 5. The minimum Gasteiger partial charge on any atom is -0.490 e. The lowest BCUT2D eigenvalue weighted by atomic mass is 10.2. The van der Waals surface area contributed by atoms with Crippen molar-refractivity contribution in [3.63, 3.8) is 0 Å². The summed E-state index contributed by atoms with van der Waals surface area (Å²) in [6, 6.07) is 12.6. The first-order valence-corrected chi connectivity index (χ1v) is 8.81. The normalized spacial score (nSPS) is 13.8. The van der Waals surface area contributed by atoms with E-state index in [1.165, 1.54) is 18.2 Å². The van der Waals surface area contributed by atoms with Gasteiger partial charge in [0.2, 0.25) is 0 Å². The van der Waals surface area contributed by atoms with Crippen LogP contribution in [0.25, 0.3) is 0 Å². The van der Waals surface area contributed by atoms with Crippen molar-refractivity contribution in [1.82, 2.24) is 10.3 Å². The quantitative estimate of drug-likeness (QED) is 0.816. The topological polar surface area (TPSA) is 93.7 Å². The number of carbonyl (C=O) groups is 1. The molecule has 126 valence electrons. The lowest BCUT2D eigenvalue weighted by Crippen LogP contribution is -2.41. The van der Waals surface area contributed by atoms with Crippen LogP contribution in [0.3, 0.4) is 0 Å². The molecule has 2 aromatic carbocycles. The van der Waals surface area contributed by atoms with Gasteiger partial charge in [-0.1, -0.05) is 18.2 Å². The number of sulfonamides is 1. The van der Waals surface area contributed by atoms with Gasteiger partial charge in [0.1, 0.15) is 0 Å². The smallest absolute Gasteiger partial charge is 0.266 e. The van der Waals surface area contributed by atoms with Crippen LogP contribution in [0.15, 0.2) is 53.4 Å². The Hall–Kier alpha value is -2.58. The number of fused-ring (bicyclic) bond motifs is 1. The zero-order chi connectivity index (χ0) is 17.0. The molecule has 3 rings (SSSR count). The summed E-state index contributed by atoms with van der Waals surface area (Å²) in [5.41, 5.74) is 2.53. The minimum atomic E-state index is -3.93. The van der Waals surface area contributed by atoms with E-state index >= 15 is 0 Å². The number of carbonyl (C=O) groups excluding carboxylic acids is 1. The van der Waals surface area contributed by atoms with Gasteiger partial charge >= 0.3 is 0 Å². The largest absolute Gasteiger partial charge is 0.490 e. The van der Waals surface area contributed by atoms with E-state index < -0.39 is 15.9 Å². The summed E-state index contributed by atoms with van der Waals surface area (Å²) in [6.07, 6.45) is 0.724. The molecule has 0 atom stereocenters. The number of ether oxygens (including phenoxy) is 2. The Morgan fingerprint density at radius 3 is 2.42 bits per heavy atom. The molecule has 2 N–H and O–H groups in total. The Bertz CT molecular complexity index is 837. The van der Waals surface area contributed by atoms with Gasteiger partial charge in [-0.2, -0.15) is 0 Å². The predicted molar refractivity (Wildman–Crippen MR) is 86.3 cm³/mol. The molecule has 0 radical (unpaired) electrons. The van der Waals surface area contributed by atoms with Crippen LogP contribution >= 0.6 is 0 Å². The maximum atomic E-state index is 12.3. The molecule has 0 aliphatic carbocycles. The molecule has 24 heavy (non-hydrogen) atoms. The van der Waals surface area contributed by atoms with E-state index in [4.69, 9.17) is 9.47 Å². The molecule has 8 heteroatoms. The van der Waals surface area contributed by atoms with Crippen LogP contribution in [0.1, 0.15) is 16.8 Å². The second-order valence-electron chi connectivity index (χ2n) is 5.08. The van der Waals surface area contributed by atoms with E-state index in [0.717, 1.165) is 6.42 Å². The molecular weight excluding hydrogens is 332 g/mol. The Labute approximate surface area is 139 Å². The van der Waals surface area contributed by atoms with E-state index in [0.29, 0.717) is 30.3 Å². The van der Waals surface area contributed by atoms with Crippen molar-refractivity contribution >= 4 is 15.9 Å². The first kappa shape index (κ1) is 16.3. The predicted octanol–water partition coefficient (Wildman–Crippen LogP) is 1.47. The fourth-order valence-electron chi connectivity index (χ4n) is 2.14. The molecule has 1 amide bonds. The lowest BCUT2D eigenvalue weighted by Gasteiger charge is -2.11. The molecule has 1 aliphatic heterocycles. The number of nitrogens with one attached hydrogen (secondary N) is 2. The number of amides is 1. The highest BCUT2D eigenvalue weighted by Crippen LogP contribution is 2.31. The summed E-state index contributed by atoms with van der Waals surface area (Å²) >= 11 is 0. The Morgan fingerprint density at radius 1 is 0.958 bits per heavy atom. The van der Waals surface area contributed by atoms with Crippen LogP contribution in [0.2, 0.25) is 0 Å². The average Bonchev–Trinajstić information content (AvgIpc) is 2.85. The van der Waals surface area contributed by atoms with Gasteiger partial charge in [0.15, 0.2) is 11.5 Å². The highest BCUT2D eigenvalue weighted by molar-refractivity contribution is 7.89. The Kier molecular flexibility index (Phi) is 4.68. The van der Waals surface area contributed by atoms with Crippen molar-refractivity contribution in [1.29, 1.82) is 0 Å². The van der Waals surface area contributed by atoms with Crippen molar-refractivity contribution in [2.75, 3.05) is 13.2 Å². The molecule has 0 saturated heterocycles. The maximum Gasteiger partial charge on any atom is 0.266 e. The number of benzene rings is 2. The van der Waals surface area contributed by atoms with Crippen molar-refractivity contribution < 1.29 is 22.7 Å². The van der Waals surface area contributed by atoms with Crippen molar-refractivity contribution in [3.05, 3.63) is 54.1 Å². The number of hydrazine groups is 1. The molecule has 0 spiro atoms. The number of hydrogen-bond donors (Lipinski definition) is 2. The molecule has 0 saturated carbocycles. The minimum absolute atomic E-state index is 0.0277. The van der Waals surface area contributed by atoms with Gasteiger partial charge < -0.3 is 9.47 Å². The summed E-state index contributed by atoms with van der Waals surface area (Å²) in [4.78, 5) is 14.0. The zero-order valence-corrected chi connectivity index (χ0v) is 13.5. The SMILES string of the molecule is O=C(NNS(=O)(=O)c1ccc2c(c1)OCCCO2)c1ccccc1. The highest BCUT2D eigenvalue weighted by atomic mass is 32.2. The second-order valence-corrected chi connectivity index (χ2v) is 6.77. The van der Waals surface area contributed by atoms with Crippen molar-refractivity contribution in [2.24, 2.45) is 0 Å². The van der Waals surface area contributed by atoms with E-state index in [9.17, 15) is 13.2 Å². The van der Waals surface area contributed by atoms with Gasteiger partial charge in [-0.25, -0.2) is 8.42 Å². The highest BCUT2D eigenvalue weighted by Gasteiger charge is 2.19. The monoisotopic (exact) mass is 348 g/mol. The van der Waals surface area contributed by atoms with E-state index in [1.54, 1.807) is 30.3 Å². The van der Waals surface area contributed by atoms with Gasteiger partial charge in [-0.3, -0.25) is 10.2 Å². The fourth-order valence-corrected chi connectivity index (χ4v) is 3.00. The van der Waals surface area contributed by atoms with Crippen molar-refractivity contribution in [3.8, 4) is 11.5 Å². The van der Waals surface area contributed by atoms with Crippen LogP contribution in [0, 0.1) is 0 Å². The average molecular weight is 348 g/mol. The molecule has 1 aliphatic rings. The molecular formula is C16H16N2O5S. The second kappa shape index (κ2) is 6.90. The molecule has 2 aromatic rings. The van der Waals surface area contributed by atoms with Crippen LogP contribution in [0.5, 0.6) is 11.5 Å². The maximum absolute atomic E-state index is 12.3. The molecule has 7 nitrogen and oxygen atoms in total. The Morgan fingerprint density at radius 2 is 1.67 bits per heavy atom. The third kappa shape index (κ3) is 3.66. The van der Waals surface area contributed by atoms with Gasteiger partial charge in [-0.05, 0) is 24.3 Å². The Balaban J connectivity index is 1.74. The summed E-state index contributed by atoms with van der Waals surface area (Å²) < 4.78 is 35.6. The lowest BCUT2D eigenvalue weighted by molar-refractivity contribution is 0.0945. The summed E-state index contributed by atoms with van der Waals surface area (Å²) in [7, 11) is -3.93. The van der Waals surface area contributed by atoms with E-state index in [1.807, 2.05) is 0 Å². The van der Waals surface area contributed by atoms with E-state index in [2.05, 4.69) is 10.3 Å². The standard InChI is InChI=1S/C16H16N2O5S/c19-16(12-5-2-1-3-6-12)17-18-24(20,21)13-7-8-14-15(11-13)23-10-4-9-22-14/h1-3,5-8,11,18H,4,9-10H2,(H,17,19). The summed E-state index contributed by atoms with van der Waals surface area (Å²) in [5.74, 6) is 0.318. The number of rotatable bonds is 4. The van der Waals surface area contributed by atoms with Gasteiger partial charge in [-0.15, -0.1) is 4.83 Å². The molecule has 1 heterocycles. The summed E-state index contributed by atoms with van der Waals surface area (Å²) in [6.45, 7) is 0.971. The first-order valence-electron chi connectivity index (χ1n) is 7.33. The summed E-state index contributed by atoms with van der Waals surface area (Å²) in [5, 5.41) is 0.